The second-order valence-corrected chi connectivity index (χ2v) is 6.98. The number of rotatable bonds is 5. The Balaban J connectivity index is 1.72. The number of ketones is 1. The van der Waals surface area contributed by atoms with E-state index < -0.39 is 23.4 Å². The summed E-state index contributed by atoms with van der Waals surface area (Å²) in [6.07, 6.45) is 1.29. The lowest BCUT2D eigenvalue weighted by Crippen LogP contribution is -2.38. The fraction of sp³-hybridized carbons (Fsp3) is 0.350. The van der Waals surface area contributed by atoms with Gasteiger partial charge < -0.3 is 14.6 Å². The van der Waals surface area contributed by atoms with Gasteiger partial charge in [-0.3, -0.25) is 19.7 Å². The number of ether oxygens (including phenoxy) is 1. The number of hydrogen-bond acceptors (Lipinski definition) is 6. The molecular formula is C20H21N3O6. The molecule has 1 aliphatic rings. The van der Waals surface area contributed by atoms with Crippen molar-refractivity contribution in [1.29, 1.82) is 0 Å². The van der Waals surface area contributed by atoms with E-state index in [9.17, 15) is 24.5 Å². The van der Waals surface area contributed by atoms with Crippen LogP contribution >= 0.6 is 0 Å². The Kier molecular flexibility index (Phi) is 5.49. The molecule has 0 saturated heterocycles. The maximum atomic E-state index is 12.6. The molecule has 3 rings (SSSR count). The van der Waals surface area contributed by atoms with Gasteiger partial charge in [0.05, 0.1) is 4.92 Å². The number of carbonyl (C=O) groups excluding carboxylic acids is 3. The van der Waals surface area contributed by atoms with Crippen molar-refractivity contribution in [2.75, 3.05) is 18.1 Å². The van der Waals surface area contributed by atoms with E-state index in [1.165, 1.54) is 24.0 Å². The number of nitrogens with zero attached hydrogens (tertiary/aromatic N) is 2. The third-order valence-corrected chi connectivity index (χ3v) is 5.01. The first-order chi connectivity index (χ1) is 13.7. The number of aromatic nitrogens is 1. The summed E-state index contributed by atoms with van der Waals surface area (Å²) in [5.41, 5.74) is 2.93. The minimum atomic E-state index is -0.715. The Labute approximate surface area is 166 Å². The minimum absolute atomic E-state index is 0.0247. The van der Waals surface area contributed by atoms with Crippen LogP contribution in [0.15, 0.2) is 18.2 Å². The fourth-order valence-corrected chi connectivity index (χ4v) is 3.72. The van der Waals surface area contributed by atoms with Crippen LogP contribution in [0.2, 0.25) is 0 Å². The maximum Gasteiger partial charge on any atom is 0.355 e. The third-order valence-electron chi connectivity index (χ3n) is 5.01. The van der Waals surface area contributed by atoms with E-state index >= 15 is 0 Å². The summed E-state index contributed by atoms with van der Waals surface area (Å²) in [6, 6.07) is 4.36. The van der Waals surface area contributed by atoms with E-state index in [1.807, 2.05) is 0 Å². The van der Waals surface area contributed by atoms with E-state index in [1.54, 1.807) is 19.9 Å². The highest BCUT2D eigenvalue weighted by Gasteiger charge is 2.26. The molecule has 0 bridgehead atoms. The van der Waals surface area contributed by atoms with Crippen molar-refractivity contribution in [2.24, 2.45) is 0 Å². The molecule has 0 fully saturated rings. The van der Waals surface area contributed by atoms with Crippen LogP contribution in [-0.4, -0.2) is 40.7 Å². The summed E-state index contributed by atoms with van der Waals surface area (Å²) in [6.45, 7) is 4.72. The fourth-order valence-electron chi connectivity index (χ4n) is 3.72. The molecule has 0 saturated carbocycles. The number of nitrogens with one attached hydrogen (secondary N) is 1. The number of amides is 1. The van der Waals surface area contributed by atoms with Crippen LogP contribution in [0.4, 0.5) is 11.4 Å². The normalized spacial score (nSPS) is 13.0. The first-order valence-corrected chi connectivity index (χ1v) is 9.15. The van der Waals surface area contributed by atoms with Crippen molar-refractivity contribution in [2.45, 2.75) is 33.6 Å². The molecule has 1 amide bonds. The number of esters is 1. The van der Waals surface area contributed by atoms with Gasteiger partial charge in [-0.1, -0.05) is 0 Å². The molecule has 1 N–H and O–H groups in total. The molecule has 0 radical (unpaired) electrons. The minimum Gasteiger partial charge on any atom is -0.451 e. The van der Waals surface area contributed by atoms with E-state index in [4.69, 9.17) is 4.74 Å². The largest absolute Gasteiger partial charge is 0.451 e. The topological polar surface area (TPSA) is 123 Å². The van der Waals surface area contributed by atoms with Crippen molar-refractivity contribution in [1.82, 2.24) is 4.98 Å². The number of nitro groups is 1. The molecule has 0 aliphatic carbocycles. The average Bonchev–Trinajstić information content (AvgIpc) is 2.99. The molecule has 1 aromatic carbocycles. The highest BCUT2D eigenvalue weighted by molar-refractivity contribution is 6.02. The van der Waals surface area contributed by atoms with Gasteiger partial charge in [0, 0.05) is 35.6 Å². The second-order valence-electron chi connectivity index (χ2n) is 6.98. The summed E-state index contributed by atoms with van der Waals surface area (Å²) < 4.78 is 5.17. The van der Waals surface area contributed by atoms with Crippen molar-refractivity contribution in [3.63, 3.8) is 0 Å². The quantitative estimate of drug-likeness (QED) is 0.357. The molecule has 29 heavy (non-hydrogen) atoms. The van der Waals surface area contributed by atoms with E-state index in [0.717, 1.165) is 0 Å². The van der Waals surface area contributed by atoms with Gasteiger partial charge in [-0.25, -0.2) is 4.79 Å². The first kappa shape index (κ1) is 20.2. The van der Waals surface area contributed by atoms with Gasteiger partial charge in [-0.05, 0) is 50.8 Å². The number of aryl methyl sites for hydroxylation is 2. The van der Waals surface area contributed by atoms with E-state index in [0.29, 0.717) is 47.5 Å². The number of H-pyrrole nitrogens is 1. The summed E-state index contributed by atoms with van der Waals surface area (Å²) in [5, 5.41) is 11.0. The smallest absolute Gasteiger partial charge is 0.355 e. The molecule has 0 atom stereocenters. The Morgan fingerprint density at radius 3 is 2.62 bits per heavy atom. The Bertz CT molecular complexity index is 1020. The lowest BCUT2D eigenvalue weighted by atomic mass is 10.0. The standard InChI is InChI=1S/C20H21N3O6/c1-11-18(13(3)24)12(2)21-19(11)20(26)29-10-17(25)22-8-4-5-14-9-15(23(27)28)6-7-16(14)22/h6-7,9,21H,4-5,8,10H2,1-3H3. The SMILES string of the molecule is CC(=O)c1c(C)[nH]c(C(=O)OCC(=O)N2CCCc3cc([N+](=O)[O-])ccc32)c1C. The van der Waals surface area contributed by atoms with Gasteiger partial charge in [-0.2, -0.15) is 0 Å². The summed E-state index contributed by atoms with van der Waals surface area (Å²) >= 11 is 0. The number of hydrogen-bond donors (Lipinski definition) is 1. The van der Waals surface area contributed by atoms with Crippen LogP contribution in [0.25, 0.3) is 0 Å². The number of carbonyl (C=O) groups is 3. The summed E-state index contributed by atoms with van der Waals surface area (Å²) in [5.74, 6) is -1.29. The summed E-state index contributed by atoms with van der Waals surface area (Å²) in [4.78, 5) is 51.5. The van der Waals surface area contributed by atoms with Crippen LogP contribution in [0.3, 0.4) is 0 Å². The van der Waals surface area contributed by atoms with Crippen molar-refractivity contribution >= 4 is 29.0 Å². The average molecular weight is 399 g/mol. The van der Waals surface area contributed by atoms with Gasteiger partial charge in [0.15, 0.2) is 12.4 Å². The zero-order valence-electron chi connectivity index (χ0n) is 16.4. The molecule has 1 aromatic heterocycles. The maximum absolute atomic E-state index is 12.6. The molecule has 1 aliphatic heterocycles. The monoisotopic (exact) mass is 399 g/mol. The Hall–Kier alpha value is -3.49. The highest BCUT2D eigenvalue weighted by Crippen LogP contribution is 2.30. The van der Waals surface area contributed by atoms with Crippen molar-refractivity contribution in [3.8, 4) is 0 Å². The predicted molar refractivity (Wildman–Crippen MR) is 104 cm³/mol. The number of aromatic amines is 1. The van der Waals surface area contributed by atoms with Crippen molar-refractivity contribution < 1.29 is 24.0 Å². The van der Waals surface area contributed by atoms with Crippen LogP contribution in [0, 0.1) is 24.0 Å². The number of non-ortho nitro benzene ring substituents is 1. The Morgan fingerprint density at radius 1 is 1.28 bits per heavy atom. The number of fused-ring (bicyclic) bond motifs is 1. The number of nitro benzene ring substituents is 1. The molecule has 152 valence electrons. The third kappa shape index (κ3) is 3.89. The van der Waals surface area contributed by atoms with Gasteiger partial charge in [0.2, 0.25) is 0 Å². The van der Waals surface area contributed by atoms with Gasteiger partial charge >= 0.3 is 5.97 Å². The lowest BCUT2D eigenvalue weighted by Gasteiger charge is -2.29. The Morgan fingerprint density at radius 2 is 2.00 bits per heavy atom. The van der Waals surface area contributed by atoms with E-state index in [-0.39, 0.29) is 17.2 Å². The molecule has 0 unspecified atom stereocenters. The van der Waals surface area contributed by atoms with Crippen LogP contribution < -0.4 is 4.90 Å². The zero-order valence-corrected chi connectivity index (χ0v) is 16.4. The molecule has 2 heterocycles. The molecule has 9 nitrogen and oxygen atoms in total. The van der Waals surface area contributed by atoms with Gasteiger partial charge in [0.1, 0.15) is 5.69 Å². The van der Waals surface area contributed by atoms with Crippen LogP contribution in [-0.2, 0) is 16.0 Å². The molecule has 9 heteroatoms. The number of anilines is 1. The predicted octanol–water partition coefficient (Wildman–Crippen LogP) is 2.88. The van der Waals surface area contributed by atoms with Gasteiger partial charge in [-0.15, -0.1) is 0 Å². The number of benzene rings is 1. The number of Topliss-reactive ketones (excluding diaryl/α,β-unsaturated/α-hetero) is 1. The summed E-state index contributed by atoms with van der Waals surface area (Å²) in [7, 11) is 0. The van der Waals surface area contributed by atoms with E-state index in [2.05, 4.69) is 4.98 Å². The molecular weight excluding hydrogens is 378 g/mol. The highest BCUT2D eigenvalue weighted by atomic mass is 16.6. The zero-order chi connectivity index (χ0) is 21.3. The van der Waals surface area contributed by atoms with Crippen LogP contribution in [0.1, 0.15) is 51.0 Å². The van der Waals surface area contributed by atoms with Gasteiger partial charge in [0.25, 0.3) is 11.6 Å². The second kappa shape index (κ2) is 7.86. The molecule has 0 spiro atoms. The van der Waals surface area contributed by atoms with Crippen LogP contribution in [0.5, 0.6) is 0 Å². The lowest BCUT2D eigenvalue weighted by molar-refractivity contribution is -0.384. The molecule has 2 aromatic rings. The first-order valence-electron chi connectivity index (χ1n) is 9.15. The van der Waals surface area contributed by atoms with Crippen molar-refractivity contribution in [3.05, 3.63) is 56.4 Å².